The number of nitrogens with one attached hydrogen (secondary N) is 1. The van der Waals surface area contributed by atoms with Gasteiger partial charge in [-0.1, -0.05) is 23.8 Å². The lowest BCUT2D eigenvalue weighted by Crippen LogP contribution is -2.15. The van der Waals surface area contributed by atoms with Crippen LogP contribution in [0.1, 0.15) is 16.4 Å². The molecule has 0 spiro atoms. The van der Waals surface area contributed by atoms with Crippen LogP contribution >= 0.6 is 0 Å². The Morgan fingerprint density at radius 1 is 0.962 bits per heavy atom. The number of aromatic nitrogens is 1. The van der Waals surface area contributed by atoms with Crippen LogP contribution in [-0.2, 0) is 24.5 Å². The summed E-state index contributed by atoms with van der Waals surface area (Å²) in [6.07, 6.45) is 2.91. The lowest BCUT2D eigenvalue weighted by molar-refractivity contribution is -0.107. The SMILES string of the molecule is Cc1ccc(S(=O)(=O)C(C=O)c2c[nH]c3cc(S(C)(=O)=O)ccc23)cc1. The molecule has 0 saturated carbocycles. The number of sulfone groups is 2. The molecule has 1 aromatic heterocycles. The zero-order valence-corrected chi connectivity index (χ0v) is 15.8. The van der Waals surface area contributed by atoms with Gasteiger partial charge in [0.15, 0.2) is 19.7 Å². The fourth-order valence-corrected chi connectivity index (χ4v) is 4.91. The second-order valence-electron chi connectivity index (χ2n) is 6.14. The molecule has 0 aliphatic rings. The van der Waals surface area contributed by atoms with Crippen molar-refractivity contribution < 1.29 is 21.6 Å². The summed E-state index contributed by atoms with van der Waals surface area (Å²) in [5.41, 5.74) is 1.65. The molecule has 2 aromatic carbocycles. The Bertz CT molecular complexity index is 1190. The van der Waals surface area contributed by atoms with E-state index in [4.69, 9.17) is 0 Å². The van der Waals surface area contributed by atoms with Gasteiger partial charge in [-0.2, -0.15) is 0 Å². The van der Waals surface area contributed by atoms with Crippen LogP contribution in [0, 0.1) is 6.92 Å². The monoisotopic (exact) mass is 391 g/mol. The normalized spacial score (nSPS) is 13.6. The van der Waals surface area contributed by atoms with Crippen molar-refractivity contribution in [3.05, 3.63) is 59.8 Å². The Morgan fingerprint density at radius 2 is 1.58 bits per heavy atom. The van der Waals surface area contributed by atoms with Crippen molar-refractivity contribution in [2.75, 3.05) is 6.26 Å². The number of aryl methyl sites for hydroxylation is 1. The van der Waals surface area contributed by atoms with Crippen molar-refractivity contribution in [1.82, 2.24) is 4.98 Å². The fraction of sp³-hybridized carbons (Fsp3) is 0.167. The summed E-state index contributed by atoms with van der Waals surface area (Å²) in [5, 5.41) is -0.895. The summed E-state index contributed by atoms with van der Waals surface area (Å²) in [6.45, 7) is 1.84. The molecule has 0 aliphatic carbocycles. The first-order valence-corrected chi connectivity index (χ1v) is 11.2. The molecule has 0 aliphatic heterocycles. The molecule has 8 heteroatoms. The lowest BCUT2D eigenvalue weighted by Gasteiger charge is -2.12. The van der Waals surface area contributed by atoms with E-state index in [0.29, 0.717) is 17.2 Å². The predicted molar refractivity (Wildman–Crippen MR) is 98.6 cm³/mol. The van der Waals surface area contributed by atoms with Gasteiger partial charge in [-0.15, -0.1) is 0 Å². The Hall–Kier alpha value is -2.45. The van der Waals surface area contributed by atoms with E-state index >= 15 is 0 Å². The highest BCUT2D eigenvalue weighted by molar-refractivity contribution is 7.92. The summed E-state index contributed by atoms with van der Waals surface area (Å²) in [5.74, 6) is 0. The molecule has 0 bridgehead atoms. The van der Waals surface area contributed by atoms with Crippen LogP contribution in [0.5, 0.6) is 0 Å². The number of carbonyl (C=O) groups is 1. The number of carbonyl (C=O) groups excluding carboxylic acids is 1. The molecular formula is C18H17NO5S2. The Morgan fingerprint density at radius 3 is 2.15 bits per heavy atom. The number of rotatable bonds is 5. The van der Waals surface area contributed by atoms with Gasteiger partial charge in [0.1, 0.15) is 11.5 Å². The van der Waals surface area contributed by atoms with Crippen molar-refractivity contribution in [1.29, 1.82) is 0 Å². The third-order valence-corrected chi connectivity index (χ3v) is 7.30. The van der Waals surface area contributed by atoms with Crippen molar-refractivity contribution in [2.24, 2.45) is 0 Å². The van der Waals surface area contributed by atoms with Gasteiger partial charge in [0.25, 0.3) is 0 Å². The van der Waals surface area contributed by atoms with E-state index in [1.165, 1.54) is 36.5 Å². The molecule has 1 atom stereocenters. The van der Waals surface area contributed by atoms with Crippen LogP contribution in [-0.4, -0.2) is 34.4 Å². The van der Waals surface area contributed by atoms with Gasteiger partial charge in [-0.25, -0.2) is 16.8 Å². The molecule has 1 unspecified atom stereocenters. The average Bonchev–Trinajstić information content (AvgIpc) is 2.98. The number of benzene rings is 2. The zero-order valence-electron chi connectivity index (χ0n) is 14.1. The van der Waals surface area contributed by atoms with E-state index < -0.39 is 24.9 Å². The summed E-state index contributed by atoms with van der Waals surface area (Å²) >= 11 is 0. The van der Waals surface area contributed by atoms with E-state index in [9.17, 15) is 21.6 Å². The van der Waals surface area contributed by atoms with Crippen molar-refractivity contribution in [3.8, 4) is 0 Å². The number of H-pyrrole nitrogens is 1. The first-order chi connectivity index (χ1) is 12.1. The van der Waals surface area contributed by atoms with Crippen molar-refractivity contribution >= 4 is 36.9 Å². The Balaban J connectivity index is 2.14. The van der Waals surface area contributed by atoms with E-state index in [1.807, 2.05) is 6.92 Å². The molecule has 26 heavy (non-hydrogen) atoms. The van der Waals surface area contributed by atoms with Crippen molar-refractivity contribution in [3.63, 3.8) is 0 Å². The van der Waals surface area contributed by atoms with Crippen LogP contribution in [0.3, 0.4) is 0 Å². The second-order valence-corrected chi connectivity index (χ2v) is 10.2. The highest BCUT2D eigenvalue weighted by atomic mass is 32.2. The molecule has 3 rings (SSSR count). The molecule has 136 valence electrons. The second kappa shape index (κ2) is 6.37. The number of fused-ring (bicyclic) bond motifs is 1. The van der Waals surface area contributed by atoms with Crippen LogP contribution in [0.2, 0.25) is 0 Å². The zero-order chi connectivity index (χ0) is 19.1. The van der Waals surface area contributed by atoms with E-state index in [2.05, 4.69) is 4.98 Å². The molecule has 3 aromatic rings. The summed E-state index contributed by atoms with van der Waals surface area (Å²) in [7, 11) is -7.32. The maximum atomic E-state index is 12.9. The smallest absolute Gasteiger partial charge is 0.192 e. The Kier molecular flexibility index (Phi) is 4.49. The third-order valence-electron chi connectivity index (χ3n) is 4.23. The van der Waals surface area contributed by atoms with Gasteiger partial charge in [0.2, 0.25) is 0 Å². The summed E-state index contributed by atoms with van der Waals surface area (Å²) < 4.78 is 49.2. The van der Waals surface area contributed by atoms with Crippen LogP contribution < -0.4 is 0 Å². The highest BCUT2D eigenvalue weighted by Gasteiger charge is 2.31. The van der Waals surface area contributed by atoms with Gasteiger partial charge >= 0.3 is 0 Å². The predicted octanol–water partition coefficient (Wildman–Crippen LogP) is 2.59. The highest BCUT2D eigenvalue weighted by Crippen LogP contribution is 2.33. The van der Waals surface area contributed by atoms with Gasteiger partial charge in [0, 0.05) is 28.9 Å². The number of aromatic amines is 1. The topological polar surface area (TPSA) is 101 Å². The number of hydrogen-bond donors (Lipinski definition) is 1. The number of aldehydes is 1. The maximum absolute atomic E-state index is 12.9. The summed E-state index contributed by atoms with van der Waals surface area (Å²) in [4.78, 5) is 14.7. The molecule has 6 nitrogen and oxygen atoms in total. The molecule has 0 fully saturated rings. The minimum atomic E-state index is -3.93. The number of hydrogen-bond acceptors (Lipinski definition) is 5. The molecule has 1 N–H and O–H groups in total. The van der Waals surface area contributed by atoms with E-state index in [0.717, 1.165) is 11.8 Å². The molecule has 0 amide bonds. The standard InChI is InChI=1S/C18H17NO5S2/c1-12-3-5-13(6-4-12)26(23,24)18(11-20)16-10-19-17-9-14(25(2,21)22)7-8-15(16)17/h3-11,18-19H,1-2H3. The molecule has 0 radical (unpaired) electrons. The fourth-order valence-electron chi connectivity index (χ4n) is 2.78. The molecular weight excluding hydrogens is 374 g/mol. The molecule has 1 heterocycles. The van der Waals surface area contributed by atoms with Gasteiger partial charge in [-0.3, -0.25) is 0 Å². The lowest BCUT2D eigenvalue weighted by atomic mass is 10.1. The first-order valence-electron chi connectivity index (χ1n) is 7.71. The van der Waals surface area contributed by atoms with E-state index in [-0.39, 0.29) is 15.4 Å². The maximum Gasteiger partial charge on any atom is 0.192 e. The van der Waals surface area contributed by atoms with Crippen molar-refractivity contribution in [2.45, 2.75) is 22.0 Å². The largest absolute Gasteiger partial charge is 0.361 e. The quantitative estimate of drug-likeness (QED) is 0.674. The van der Waals surface area contributed by atoms with Gasteiger partial charge in [-0.05, 0) is 31.2 Å². The minimum Gasteiger partial charge on any atom is -0.361 e. The average molecular weight is 391 g/mol. The van der Waals surface area contributed by atoms with Gasteiger partial charge in [0.05, 0.1) is 9.79 Å². The van der Waals surface area contributed by atoms with Crippen LogP contribution in [0.4, 0.5) is 0 Å². The minimum absolute atomic E-state index is 0.0577. The summed E-state index contributed by atoms with van der Waals surface area (Å²) in [6, 6.07) is 10.6. The van der Waals surface area contributed by atoms with Crippen LogP contribution in [0.25, 0.3) is 10.9 Å². The van der Waals surface area contributed by atoms with E-state index in [1.54, 1.807) is 12.1 Å². The first kappa shape index (κ1) is 18.3. The van der Waals surface area contributed by atoms with Crippen LogP contribution in [0.15, 0.2) is 58.5 Å². The molecule has 0 saturated heterocycles. The Labute approximate surface area is 151 Å². The van der Waals surface area contributed by atoms with Gasteiger partial charge < -0.3 is 9.78 Å². The third kappa shape index (κ3) is 3.17.